The van der Waals surface area contributed by atoms with E-state index in [4.69, 9.17) is 0 Å². The van der Waals surface area contributed by atoms with Crippen LogP contribution in [0.2, 0.25) is 0 Å². The van der Waals surface area contributed by atoms with Crippen molar-refractivity contribution in [3.63, 3.8) is 0 Å². The number of hydrogen-bond acceptors (Lipinski definition) is 4. The summed E-state index contributed by atoms with van der Waals surface area (Å²) in [6.45, 7) is 1.82. The van der Waals surface area contributed by atoms with E-state index in [9.17, 15) is 13.2 Å². The predicted octanol–water partition coefficient (Wildman–Crippen LogP) is 1.19. The molecule has 2 atom stereocenters. The normalized spacial score (nSPS) is 24.4. The Balaban J connectivity index is 2.12. The Bertz CT molecular complexity index is 510. The summed E-state index contributed by atoms with van der Waals surface area (Å²) in [5.74, 6) is -0.398. The van der Waals surface area contributed by atoms with E-state index in [0.717, 1.165) is 5.56 Å². The zero-order valence-corrected chi connectivity index (χ0v) is 10.5. The fourth-order valence-electron chi connectivity index (χ4n) is 2.19. The molecule has 0 aromatic carbocycles. The van der Waals surface area contributed by atoms with E-state index < -0.39 is 9.84 Å². The number of carbonyl (C=O) groups is 1. The van der Waals surface area contributed by atoms with Crippen molar-refractivity contribution in [2.24, 2.45) is 5.92 Å². The van der Waals surface area contributed by atoms with Gasteiger partial charge in [-0.3, -0.25) is 9.78 Å². The summed E-state index contributed by atoms with van der Waals surface area (Å²) in [5, 5.41) is 0. The number of Topliss-reactive ketones (excluding diaryl/α,β-unsaturated/α-hetero) is 1. The van der Waals surface area contributed by atoms with Crippen LogP contribution in [0.25, 0.3) is 0 Å². The maximum absolute atomic E-state index is 12.1. The van der Waals surface area contributed by atoms with Crippen LogP contribution in [0, 0.1) is 5.92 Å². The number of aromatic nitrogens is 1. The number of rotatable bonds is 3. The first kappa shape index (κ1) is 12.2. The average Bonchev–Trinajstić information content (AvgIpc) is 2.69. The highest BCUT2D eigenvalue weighted by Gasteiger charge is 2.35. The van der Waals surface area contributed by atoms with Gasteiger partial charge in [0.2, 0.25) is 0 Å². The van der Waals surface area contributed by atoms with Crippen molar-refractivity contribution in [1.29, 1.82) is 0 Å². The summed E-state index contributed by atoms with van der Waals surface area (Å²) in [4.78, 5) is 16.0. The largest absolute Gasteiger partial charge is 0.299 e. The second-order valence-corrected chi connectivity index (χ2v) is 6.73. The van der Waals surface area contributed by atoms with Crippen LogP contribution in [0.5, 0.6) is 0 Å². The predicted molar refractivity (Wildman–Crippen MR) is 64.4 cm³/mol. The number of carbonyl (C=O) groups excluding carboxylic acids is 1. The first-order valence-corrected chi connectivity index (χ1v) is 7.46. The van der Waals surface area contributed by atoms with E-state index in [0.29, 0.717) is 6.42 Å². The van der Waals surface area contributed by atoms with Crippen LogP contribution < -0.4 is 0 Å². The van der Waals surface area contributed by atoms with Gasteiger partial charge in [0.05, 0.1) is 11.5 Å². The lowest BCUT2D eigenvalue weighted by atomic mass is 9.89. The number of hydrogen-bond donors (Lipinski definition) is 0. The van der Waals surface area contributed by atoms with Crippen LogP contribution in [0.3, 0.4) is 0 Å². The third kappa shape index (κ3) is 2.72. The Morgan fingerprint density at radius 2 is 2.06 bits per heavy atom. The van der Waals surface area contributed by atoms with E-state index in [1.807, 2.05) is 6.92 Å². The molecule has 1 saturated heterocycles. The third-order valence-electron chi connectivity index (χ3n) is 3.27. The van der Waals surface area contributed by atoms with Crippen LogP contribution in [0.15, 0.2) is 24.5 Å². The molecule has 5 heteroatoms. The van der Waals surface area contributed by atoms with Gasteiger partial charge in [-0.05, 0) is 24.1 Å². The highest BCUT2D eigenvalue weighted by Crippen LogP contribution is 2.26. The minimum atomic E-state index is -2.99. The topological polar surface area (TPSA) is 64.1 Å². The molecule has 1 aromatic heterocycles. The molecule has 1 fully saturated rings. The van der Waals surface area contributed by atoms with E-state index in [1.54, 1.807) is 24.5 Å². The Morgan fingerprint density at radius 3 is 2.59 bits per heavy atom. The molecule has 0 radical (unpaired) electrons. The molecular formula is C12H15NO3S. The lowest BCUT2D eigenvalue weighted by molar-refractivity contribution is -0.123. The Morgan fingerprint density at radius 1 is 1.41 bits per heavy atom. The first-order chi connectivity index (χ1) is 7.99. The Kier molecular flexibility index (Phi) is 3.28. The van der Waals surface area contributed by atoms with Crippen LogP contribution >= 0.6 is 0 Å². The fourth-order valence-corrected chi connectivity index (χ4v) is 3.94. The number of ketones is 1. The number of pyridine rings is 1. The molecule has 0 aliphatic carbocycles. The lowest BCUT2D eigenvalue weighted by Crippen LogP contribution is -2.21. The summed E-state index contributed by atoms with van der Waals surface area (Å²) in [5.41, 5.74) is 0.897. The summed E-state index contributed by atoms with van der Waals surface area (Å²) in [6, 6.07) is 3.60. The molecule has 1 aliphatic rings. The third-order valence-corrected chi connectivity index (χ3v) is 5.04. The second-order valence-electron chi connectivity index (χ2n) is 4.50. The smallest absolute Gasteiger partial charge is 0.151 e. The maximum Gasteiger partial charge on any atom is 0.151 e. The zero-order chi connectivity index (χ0) is 12.5. The highest BCUT2D eigenvalue weighted by molar-refractivity contribution is 7.91. The minimum Gasteiger partial charge on any atom is -0.299 e. The van der Waals surface area contributed by atoms with Gasteiger partial charge in [-0.25, -0.2) is 8.42 Å². The molecular weight excluding hydrogens is 238 g/mol. The molecule has 1 aromatic rings. The van der Waals surface area contributed by atoms with E-state index in [-0.39, 0.29) is 29.1 Å². The van der Waals surface area contributed by atoms with Crippen molar-refractivity contribution in [1.82, 2.24) is 4.98 Å². The number of nitrogens with zero attached hydrogens (tertiary/aromatic N) is 1. The van der Waals surface area contributed by atoms with Crippen molar-refractivity contribution < 1.29 is 13.2 Å². The highest BCUT2D eigenvalue weighted by atomic mass is 32.2. The SMILES string of the molecule is CC(C(=O)C1CCS(=O)(=O)C1)c1ccncc1. The van der Waals surface area contributed by atoms with Gasteiger partial charge in [-0.1, -0.05) is 6.92 Å². The van der Waals surface area contributed by atoms with Gasteiger partial charge in [-0.2, -0.15) is 0 Å². The summed E-state index contributed by atoms with van der Waals surface area (Å²) >= 11 is 0. The molecule has 2 heterocycles. The first-order valence-electron chi connectivity index (χ1n) is 5.64. The van der Waals surface area contributed by atoms with Gasteiger partial charge in [0.15, 0.2) is 9.84 Å². The van der Waals surface area contributed by atoms with Gasteiger partial charge in [0.1, 0.15) is 5.78 Å². The minimum absolute atomic E-state index is 0.0151. The van der Waals surface area contributed by atoms with E-state index >= 15 is 0 Å². The van der Waals surface area contributed by atoms with Crippen LogP contribution in [-0.2, 0) is 14.6 Å². The van der Waals surface area contributed by atoms with E-state index in [2.05, 4.69) is 4.98 Å². The van der Waals surface area contributed by atoms with Crippen molar-refractivity contribution in [3.05, 3.63) is 30.1 Å². The summed E-state index contributed by atoms with van der Waals surface area (Å²) < 4.78 is 22.7. The van der Waals surface area contributed by atoms with Crippen LogP contribution in [-0.4, -0.2) is 30.7 Å². The van der Waals surface area contributed by atoms with E-state index in [1.165, 1.54) is 0 Å². The molecule has 2 rings (SSSR count). The quantitative estimate of drug-likeness (QED) is 0.811. The summed E-state index contributed by atoms with van der Waals surface area (Å²) in [6.07, 6.45) is 3.76. The van der Waals surface area contributed by atoms with Gasteiger partial charge in [-0.15, -0.1) is 0 Å². The molecule has 0 bridgehead atoms. The molecule has 0 N–H and O–H groups in total. The van der Waals surface area contributed by atoms with Crippen LogP contribution in [0.4, 0.5) is 0 Å². The van der Waals surface area contributed by atoms with Gasteiger partial charge >= 0.3 is 0 Å². The Labute approximate surface area is 101 Å². The van der Waals surface area contributed by atoms with Crippen molar-refractivity contribution in [2.45, 2.75) is 19.3 Å². The summed E-state index contributed by atoms with van der Waals surface area (Å²) in [7, 11) is -2.99. The average molecular weight is 253 g/mol. The standard InChI is InChI=1S/C12H15NO3S/c1-9(10-2-5-13-6-3-10)12(14)11-4-7-17(15,16)8-11/h2-3,5-6,9,11H,4,7-8H2,1H3. The zero-order valence-electron chi connectivity index (χ0n) is 9.67. The molecule has 92 valence electrons. The van der Waals surface area contributed by atoms with Gasteiger partial charge < -0.3 is 0 Å². The molecule has 0 spiro atoms. The molecule has 2 unspecified atom stereocenters. The van der Waals surface area contributed by atoms with Crippen molar-refractivity contribution in [2.75, 3.05) is 11.5 Å². The van der Waals surface area contributed by atoms with Crippen molar-refractivity contribution in [3.8, 4) is 0 Å². The molecule has 1 aliphatic heterocycles. The second kappa shape index (κ2) is 4.56. The monoisotopic (exact) mass is 253 g/mol. The Hall–Kier alpha value is -1.23. The molecule has 17 heavy (non-hydrogen) atoms. The van der Waals surface area contributed by atoms with Gasteiger partial charge in [0.25, 0.3) is 0 Å². The van der Waals surface area contributed by atoms with Gasteiger partial charge in [0, 0.05) is 24.2 Å². The van der Waals surface area contributed by atoms with Crippen molar-refractivity contribution >= 4 is 15.6 Å². The maximum atomic E-state index is 12.1. The fraction of sp³-hybridized carbons (Fsp3) is 0.500. The molecule has 4 nitrogen and oxygen atoms in total. The van der Waals surface area contributed by atoms with Crippen LogP contribution in [0.1, 0.15) is 24.8 Å². The number of sulfone groups is 1. The lowest BCUT2D eigenvalue weighted by Gasteiger charge is -2.14. The molecule has 0 saturated carbocycles. The molecule has 0 amide bonds.